The molecule has 0 unspecified atom stereocenters. The number of carbonyl (C=O) groups excluding carboxylic acids is 2. The molecule has 1 aliphatic rings. The summed E-state index contributed by atoms with van der Waals surface area (Å²) in [5.41, 5.74) is 3.71. The molecule has 2 amide bonds. The fourth-order valence-corrected chi connectivity index (χ4v) is 4.52. The maximum absolute atomic E-state index is 14.0. The summed E-state index contributed by atoms with van der Waals surface area (Å²) < 4.78 is 3.07. The predicted molar refractivity (Wildman–Crippen MR) is 139 cm³/mol. The predicted octanol–water partition coefficient (Wildman–Crippen LogP) is 4.14. The number of H-pyrrole nitrogens is 1. The van der Waals surface area contributed by atoms with Crippen LogP contribution in [0.25, 0.3) is 17.0 Å². The van der Waals surface area contributed by atoms with Gasteiger partial charge in [0.05, 0.1) is 16.9 Å². The SMILES string of the molecule is Cc1ccc(N2C(=O)C(c3c(C(C)C)[nH]n(-c4ccccc4)c3=O)=C([n+]3cccc(C)c3)C2=O)cc1. The second-order valence-electron chi connectivity index (χ2n) is 9.32. The summed E-state index contributed by atoms with van der Waals surface area (Å²) in [6.07, 6.45) is 3.51. The summed E-state index contributed by atoms with van der Waals surface area (Å²) in [5, 5.41) is 3.20. The third-order valence-electron chi connectivity index (χ3n) is 6.32. The number of benzene rings is 2. The molecule has 36 heavy (non-hydrogen) atoms. The standard InChI is InChI=1S/C29H26N4O3/c1-18(2)25-23(28(35)33(30-25)22-10-6-5-7-11-22)24-26(31-16-8-9-20(4)17-31)29(36)32(27(24)34)21-14-12-19(3)13-15-21/h5-18H,1-4H3/p+1. The lowest BCUT2D eigenvalue weighted by molar-refractivity contribution is -0.577. The first-order chi connectivity index (χ1) is 17.3. The van der Waals surface area contributed by atoms with Crippen LogP contribution in [0.15, 0.2) is 83.9 Å². The third kappa shape index (κ3) is 3.79. The van der Waals surface area contributed by atoms with Gasteiger partial charge in [0, 0.05) is 17.3 Å². The Labute approximate surface area is 208 Å². The molecule has 0 fully saturated rings. The minimum absolute atomic E-state index is 0.0933. The van der Waals surface area contributed by atoms with Crippen molar-refractivity contribution in [3.8, 4) is 5.69 Å². The van der Waals surface area contributed by atoms with Gasteiger partial charge in [-0.2, -0.15) is 4.57 Å². The number of para-hydroxylation sites is 1. The van der Waals surface area contributed by atoms with Gasteiger partial charge in [0.15, 0.2) is 12.4 Å². The largest absolute Gasteiger partial charge is 0.331 e. The van der Waals surface area contributed by atoms with E-state index in [4.69, 9.17) is 0 Å². The second-order valence-corrected chi connectivity index (χ2v) is 9.32. The van der Waals surface area contributed by atoms with Crippen LogP contribution in [0.2, 0.25) is 0 Å². The Kier molecular flexibility index (Phi) is 5.76. The van der Waals surface area contributed by atoms with Crippen molar-refractivity contribution in [3.63, 3.8) is 0 Å². The molecule has 0 radical (unpaired) electrons. The molecule has 4 aromatic rings. The van der Waals surface area contributed by atoms with E-state index in [0.717, 1.165) is 16.0 Å². The van der Waals surface area contributed by atoms with Gasteiger partial charge in [-0.1, -0.05) is 49.7 Å². The van der Waals surface area contributed by atoms with Crippen LogP contribution in [0.4, 0.5) is 5.69 Å². The summed E-state index contributed by atoms with van der Waals surface area (Å²) in [4.78, 5) is 42.9. The van der Waals surface area contributed by atoms with Crippen molar-refractivity contribution in [1.82, 2.24) is 9.78 Å². The fraction of sp³-hybridized carbons (Fsp3) is 0.172. The summed E-state index contributed by atoms with van der Waals surface area (Å²) in [7, 11) is 0. The smallest absolute Gasteiger partial charge is 0.294 e. The number of aromatic nitrogens is 3. The molecule has 3 heterocycles. The van der Waals surface area contributed by atoms with Crippen LogP contribution < -0.4 is 15.0 Å². The zero-order chi connectivity index (χ0) is 25.6. The molecular weight excluding hydrogens is 452 g/mol. The summed E-state index contributed by atoms with van der Waals surface area (Å²) in [5.74, 6) is -1.10. The number of aromatic amines is 1. The topological polar surface area (TPSA) is 79.1 Å². The molecule has 7 nitrogen and oxygen atoms in total. The van der Waals surface area contributed by atoms with Gasteiger partial charge in [-0.3, -0.25) is 19.5 Å². The molecule has 180 valence electrons. The number of hydrogen-bond acceptors (Lipinski definition) is 3. The van der Waals surface area contributed by atoms with Gasteiger partial charge in [0.1, 0.15) is 5.57 Å². The van der Waals surface area contributed by atoms with Crippen molar-refractivity contribution in [2.45, 2.75) is 33.6 Å². The Bertz CT molecular complexity index is 1580. The van der Waals surface area contributed by atoms with E-state index in [-0.39, 0.29) is 28.3 Å². The van der Waals surface area contributed by atoms with Crippen LogP contribution in [-0.2, 0) is 9.59 Å². The molecule has 5 rings (SSSR count). The van der Waals surface area contributed by atoms with Crippen molar-refractivity contribution >= 4 is 28.8 Å². The van der Waals surface area contributed by atoms with Crippen LogP contribution in [0, 0.1) is 13.8 Å². The Morgan fingerprint density at radius 1 is 0.778 bits per heavy atom. The van der Waals surface area contributed by atoms with E-state index in [9.17, 15) is 14.4 Å². The number of aryl methyl sites for hydroxylation is 2. The molecule has 0 spiro atoms. The molecule has 0 atom stereocenters. The number of rotatable bonds is 5. The van der Waals surface area contributed by atoms with E-state index in [1.807, 2.05) is 82.3 Å². The normalized spacial score (nSPS) is 13.9. The summed E-state index contributed by atoms with van der Waals surface area (Å²) in [6, 6.07) is 20.1. The van der Waals surface area contributed by atoms with Crippen LogP contribution in [0.3, 0.4) is 0 Å². The number of amides is 2. The molecule has 0 bridgehead atoms. The van der Waals surface area contributed by atoms with E-state index in [0.29, 0.717) is 17.1 Å². The van der Waals surface area contributed by atoms with Crippen molar-refractivity contribution in [1.29, 1.82) is 0 Å². The van der Waals surface area contributed by atoms with Gasteiger partial charge in [0.2, 0.25) is 0 Å². The molecule has 7 heteroatoms. The maximum atomic E-state index is 14.0. The van der Waals surface area contributed by atoms with Crippen LogP contribution in [0.5, 0.6) is 0 Å². The van der Waals surface area contributed by atoms with Gasteiger partial charge in [-0.15, -0.1) is 0 Å². The van der Waals surface area contributed by atoms with Crippen LogP contribution in [-0.4, -0.2) is 21.6 Å². The van der Waals surface area contributed by atoms with Crippen LogP contribution in [0.1, 0.15) is 42.1 Å². The lowest BCUT2D eigenvalue weighted by Crippen LogP contribution is -2.39. The third-order valence-corrected chi connectivity index (χ3v) is 6.32. The van der Waals surface area contributed by atoms with Crippen molar-refractivity contribution < 1.29 is 14.2 Å². The number of pyridine rings is 1. The van der Waals surface area contributed by atoms with Gasteiger partial charge in [0.25, 0.3) is 17.2 Å². The molecule has 2 aromatic heterocycles. The number of anilines is 1. The van der Waals surface area contributed by atoms with E-state index < -0.39 is 11.8 Å². The lowest BCUT2D eigenvalue weighted by atomic mass is 9.98. The zero-order valence-corrected chi connectivity index (χ0v) is 20.6. The monoisotopic (exact) mass is 479 g/mol. The highest BCUT2D eigenvalue weighted by Gasteiger charge is 2.48. The number of carbonyl (C=O) groups is 2. The zero-order valence-electron chi connectivity index (χ0n) is 20.6. The van der Waals surface area contributed by atoms with E-state index in [2.05, 4.69) is 5.10 Å². The van der Waals surface area contributed by atoms with Gasteiger partial charge in [-0.05, 0) is 50.1 Å². The highest BCUT2D eigenvalue weighted by molar-refractivity contribution is 6.53. The Morgan fingerprint density at radius 2 is 1.47 bits per heavy atom. The Morgan fingerprint density at radius 3 is 2.11 bits per heavy atom. The first-order valence-corrected chi connectivity index (χ1v) is 11.9. The second kappa shape index (κ2) is 8.92. The Balaban J connectivity index is 1.81. The highest BCUT2D eigenvalue weighted by Crippen LogP contribution is 2.35. The minimum Gasteiger partial charge on any atom is -0.294 e. The molecule has 1 N–H and O–H groups in total. The van der Waals surface area contributed by atoms with Crippen molar-refractivity contribution in [2.24, 2.45) is 0 Å². The quantitative estimate of drug-likeness (QED) is 0.345. The fourth-order valence-electron chi connectivity index (χ4n) is 4.52. The van der Waals surface area contributed by atoms with E-state index in [1.54, 1.807) is 29.1 Å². The molecule has 0 saturated carbocycles. The molecular formula is C29H27N4O3+. The summed E-state index contributed by atoms with van der Waals surface area (Å²) in [6.45, 7) is 7.75. The molecule has 0 saturated heterocycles. The summed E-state index contributed by atoms with van der Waals surface area (Å²) >= 11 is 0. The number of nitrogens with one attached hydrogen (secondary N) is 1. The number of nitrogens with zero attached hydrogens (tertiary/aromatic N) is 3. The first-order valence-electron chi connectivity index (χ1n) is 11.9. The molecule has 1 aliphatic heterocycles. The van der Waals surface area contributed by atoms with Crippen molar-refractivity contribution in [3.05, 3.63) is 112 Å². The van der Waals surface area contributed by atoms with E-state index in [1.165, 1.54) is 4.68 Å². The average Bonchev–Trinajstić information content (AvgIpc) is 3.33. The van der Waals surface area contributed by atoms with E-state index >= 15 is 0 Å². The first kappa shape index (κ1) is 23.2. The van der Waals surface area contributed by atoms with Gasteiger partial charge < -0.3 is 0 Å². The number of imide groups is 1. The minimum atomic E-state index is -0.522. The van der Waals surface area contributed by atoms with Gasteiger partial charge >= 0.3 is 5.91 Å². The highest BCUT2D eigenvalue weighted by atomic mass is 16.2. The van der Waals surface area contributed by atoms with Crippen molar-refractivity contribution in [2.75, 3.05) is 4.90 Å². The lowest BCUT2D eigenvalue weighted by Gasteiger charge is -2.14. The van der Waals surface area contributed by atoms with Crippen LogP contribution >= 0.6 is 0 Å². The molecule has 2 aromatic carbocycles. The molecule has 0 aliphatic carbocycles. The maximum Gasteiger partial charge on any atom is 0.331 e. The van der Waals surface area contributed by atoms with Gasteiger partial charge in [-0.25, -0.2) is 9.58 Å². The average molecular weight is 480 g/mol. The Hall–Kier alpha value is -4.52. The number of hydrogen-bond donors (Lipinski definition) is 1.